The number of anilines is 3. The van der Waals surface area contributed by atoms with Crippen LogP contribution in [0.3, 0.4) is 0 Å². The highest BCUT2D eigenvalue weighted by Gasteiger charge is 2.33. The van der Waals surface area contributed by atoms with Crippen LogP contribution in [0.1, 0.15) is 25.2 Å². The SMILES string of the molecule is CC(C)Nc1cc(-c2cccc(C(F)(F)F)n2)nc(Nc2ccnc(C(F)(F)F)c2)n1. The van der Waals surface area contributed by atoms with Crippen molar-refractivity contribution in [1.82, 2.24) is 19.9 Å². The lowest BCUT2D eigenvalue weighted by molar-refractivity contribution is -0.141. The Labute approximate surface area is 172 Å². The number of nitrogens with one attached hydrogen (secondary N) is 2. The molecule has 0 amide bonds. The Bertz CT molecular complexity index is 1060. The average Bonchev–Trinajstić information content (AvgIpc) is 2.66. The molecule has 0 aliphatic rings. The van der Waals surface area contributed by atoms with Crippen LogP contribution in [0.5, 0.6) is 0 Å². The van der Waals surface area contributed by atoms with Crippen molar-refractivity contribution in [3.8, 4) is 11.4 Å². The van der Waals surface area contributed by atoms with E-state index in [1.54, 1.807) is 0 Å². The summed E-state index contributed by atoms with van der Waals surface area (Å²) in [5.41, 5.74) is -2.23. The second kappa shape index (κ2) is 8.36. The van der Waals surface area contributed by atoms with Crippen molar-refractivity contribution >= 4 is 17.5 Å². The van der Waals surface area contributed by atoms with Crippen LogP contribution >= 0.6 is 0 Å². The third-order valence-corrected chi connectivity index (χ3v) is 3.77. The minimum atomic E-state index is -4.65. The van der Waals surface area contributed by atoms with Gasteiger partial charge in [0.05, 0.1) is 11.4 Å². The molecule has 2 N–H and O–H groups in total. The molecule has 0 fully saturated rings. The predicted octanol–water partition coefficient (Wildman–Crippen LogP) is 5.54. The van der Waals surface area contributed by atoms with Gasteiger partial charge in [-0.25, -0.2) is 9.97 Å². The second-order valence-electron chi connectivity index (χ2n) is 6.72. The largest absolute Gasteiger partial charge is 0.433 e. The van der Waals surface area contributed by atoms with Gasteiger partial charge in [0.25, 0.3) is 0 Å². The smallest absolute Gasteiger partial charge is 0.368 e. The fraction of sp³-hybridized carbons (Fsp3) is 0.263. The molecule has 3 rings (SSSR count). The molecular formula is C19H16F6N6. The van der Waals surface area contributed by atoms with Crippen LogP contribution in [-0.2, 0) is 12.4 Å². The van der Waals surface area contributed by atoms with E-state index in [9.17, 15) is 26.3 Å². The van der Waals surface area contributed by atoms with Gasteiger partial charge in [-0.2, -0.15) is 31.3 Å². The molecule has 0 radical (unpaired) electrons. The molecule has 0 spiro atoms. The molecule has 164 valence electrons. The summed E-state index contributed by atoms with van der Waals surface area (Å²) < 4.78 is 77.8. The van der Waals surface area contributed by atoms with Gasteiger partial charge in [-0.05, 0) is 38.1 Å². The number of rotatable bonds is 5. The molecule has 6 nitrogen and oxygen atoms in total. The molecule has 3 aromatic heterocycles. The third-order valence-electron chi connectivity index (χ3n) is 3.77. The number of nitrogens with zero attached hydrogens (tertiary/aromatic N) is 4. The monoisotopic (exact) mass is 442 g/mol. The van der Waals surface area contributed by atoms with E-state index < -0.39 is 23.7 Å². The molecule has 0 aromatic carbocycles. The van der Waals surface area contributed by atoms with E-state index in [2.05, 4.69) is 30.6 Å². The Hall–Kier alpha value is -3.44. The zero-order valence-electron chi connectivity index (χ0n) is 16.2. The number of alkyl halides is 6. The van der Waals surface area contributed by atoms with E-state index in [0.29, 0.717) is 0 Å². The lowest BCUT2D eigenvalue weighted by atomic mass is 10.2. The highest BCUT2D eigenvalue weighted by molar-refractivity contribution is 5.64. The molecule has 0 aliphatic heterocycles. The maximum absolute atomic E-state index is 13.0. The van der Waals surface area contributed by atoms with Gasteiger partial charge in [0, 0.05) is 24.0 Å². The van der Waals surface area contributed by atoms with Crippen LogP contribution in [0.4, 0.5) is 43.8 Å². The van der Waals surface area contributed by atoms with Gasteiger partial charge in [0.15, 0.2) is 0 Å². The summed E-state index contributed by atoms with van der Waals surface area (Å²) in [5, 5.41) is 5.62. The van der Waals surface area contributed by atoms with Crippen molar-refractivity contribution in [2.24, 2.45) is 0 Å². The Balaban J connectivity index is 2.02. The fourth-order valence-corrected chi connectivity index (χ4v) is 2.53. The van der Waals surface area contributed by atoms with E-state index in [4.69, 9.17) is 0 Å². The van der Waals surface area contributed by atoms with Gasteiger partial charge >= 0.3 is 12.4 Å². The summed E-state index contributed by atoms with van der Waals surface area (Å²) in [4.78, 5) is 15.2. The van der Waals surface area contributed by atoms with Crippen molar-refractivity contribution < 1.29 is 26.3 Å². The van der Waals surface area contributed by atoms with E-state index in [1.807, 2.05) is 13.8 Å². The average molecular weight is 442 g/mol. The van der Waals surface area contributed by atoms with Crippen molar-refractivity contribution in [3.63, 3.8) is 0 Å². The van der Waals surface area contributed by atoms with Crippen molar-refractivity contribution in [2.75, 3.05) is 10.6 Å². The lowest BCUT2D eigenvalue weighted by Gasteiger charge is -2.14. The molecule has 0 saturated heterocycles. The molecule has 0 bridgehead atoms. The van der Waals surface area contributed by atoms with E-state index in [-0.39, 0.29) is 34.9 Å². The molecule has 0 aliphatic carbocycles. The Morgan fingerprint density at radius 3 is 2.16 bits per heavy atom. The van der Waals surface area contributed by atoms with Crippen LogP contribution in [0, 0.1) is 0 Å². The summed E-state index contributed by atoms with van der Waals surface area (Å²) in [6.45, 7) is 3.63. The van der Waals surface area contributed by atoms with Gasteiger partial charge < -0.3 is 10.6 Å². The molecular weight excluding hydrogens is 426 g/mol. The molecule has 3 aromatic rings. The summed E-state index contributed by atoms with van der Waals surface area (Å²) in [5.74, 6) is 0.131. The number of aromatic nitrogens is 4. The topological polar surface area (TPSA) is 75.6 Å². The van der Waals surface area contributed by atoms with Gasteiger partial charge in [0.1, 0.15) is 17.2 Å². The first-order valence-corrected chi connectivity index (χ1v) is 8.92. The van der Waals surface area contributed by atoms with E-state index in [0.717, 1.165) is 18.3 Å². The summed E-state index contributed by atoms with van der Waals surface area (Å²) in [6.07, 6.45) is -8.32. The van der Waals surface area contributed by atoms with Crippen molar-refractivity contribution in [1.29, 1.82) is 0 Å². The Morgan fingerprint density at radius 1 is 0.806 bits per heavy atom. The minimum absolute atomic E-state index is 0.00646. The first kappa shape index (κ1) is 22.2. The Kier molecular flexibility index (Phi) is 6.00. The van der Waals surface area contributed by atoms with E-state index >= 15 is 0 Å². The standard InChI is InChI=1S/C19H16F6N6/c1-10(2)27-16-9-13(12-4-3-5-14(29-12)18(20,21)22)30-17(31-16)28-11-6-7-26-15(8-11)19(23,24)25/h3-10H,1-2H3,(H2,26,27,28,30,31). The van der Waals surface area contributed by atoms with Gasteiger partial charge in [-0.15, -0.1) is 0 Å². The predicted molar refractivity (Wildman–Crippen MR) is 102 cm³/mol. The third kappa shape index (κ3) is 5.80. The molecule has 31 heavy (non-hydrogen) atoms. The maximum Gasteiger partial charge on any atom is 0.433 e. The van der Waals surface area contributed by atoms with Crippen LogP contribution in [0.25, 0.3) is 11.4 Å². The molecule has 0 atom stereocenters. The summed E-state index contributed by atoms with van der Waals surface area (Å²) in [7, 11) is 0. The van der Waals surface area contributed by atoms with Crippen LogP contribution in [0.15, 0.2) is 42.6 Å². The number of pyridine rings is 2. The van der Waals surface area contributed by atoms with Crippen molar-refractivity contribution in [3.05, 3.63) is 54.0 Å². The number of halogens is 6. The van der Waals surface area contributed by atoms with Gasteiger partial charge in [0.2, 0.25) is 5.95 Å². The fourth-order valence-electron chi connectivity index (χ4n) is 2.53. The van der Waals surface area contributed by atoms with E-state index in [1.165, 1.54) is 24.3 Å². The van der Waals surface area contributed by atoms with Gasteiger partial charge in [-0.1, -0.05) is 6.07 Å². The maximum atomic E-state index is 13.0. The highest BCUT2D eigenvalue weighted by atomic mass is 19.4. The van der Waals surface area contributed by atoms with Crippen LogP contribution < -0.4 is 10.6 Å². The first-order chi connectivity index (χ1) is 14.4. The van der Waals surface area contributed by atoms with Crippen molar-refractivity contribution in [2.45, 2.75) is 32.2 Å². The van der Waals surface area contributed by atoms with Gasteiger partial charge in [-0.3, -0.25) is 4.98 Å². The highest BCUT2D eigenvalue weighted by Crippen LogP contribution is 2.31. The second-order valence-corrected chi connectivity index (χ2v) is 6.72. The quantitative estimate of drug-likeness (QED) is 0.506. The van der Waals surface area contributed by atoms with Crippen LogP contribution in [0.2, 0.25) is 0 Å². The van der Waals surface area contributed by atoms with Crippen LogP contribution in [-0.4, -0.2) is 26.0 Å². The Morgan fingerprint density at radius 2 is 1.52 bits per heavy atom. The number of hydrogen-bond donors (Lipinski definition) is 2. The first-order valence-electron chi connectivity index (χ1n) is 8.92. The normalized spacial score (nSPS) is 12.2. The number of hydrogen-bond acceptors (Lipinski definition) is 6. The molecule has 0 unspecified atom stereocenters. The zero-order valence-corrected chi connectivity index (χ0v) is 16.2. The molecule has 12 heteroatoms. The lowest BCUT2D eigenvalue weighted by Crippen LogP contribution is -2.13. The minimum Gasteiger partial charge on any atom is -0.368 e. The molecule has 0 saturated carbocycles. The summed E-state index contributed by atoms with van der Waals surface area (Å²) in [6, 6.07) is 6.73. The molecule has 3 heterocycles. The zero-order chi connectivity index (χ0) is 22.8. The summed E-state index contributed by atoms with van der Waals surface area (Å²) >= 11 is 0.